The minimum Gasteiger partial charge on any atom is -0.294 e. The predicted octanol–water partition coefficient (Wildman–Crippen LogP) is 2.85. The Morgan fingerprint density at radius 1 is 1.25 bits per heavy atom. The summed E-state index contributed by atoms with van der Waals surface area (Å²) in [6.45, 7) is 0. The van der Waals surface area contributed by atoms with Crippen LogP contribution >= 0.6 is 11.3 Å². The van der Waals surface area contributed by atoms with Crippen molar-refractivity contribution in [1.82, 2.24) is 4.98 Å². The molecule has 5 heteroatoms. The molecular weight excluding hydrogens is 232 g/mol. The molecule has 2 aromatic rings. The average Bonchev–Trinajstić information content (AvgIpc) is 2.68. The van der Waals surface area contributed by atoms with Crippen molar-refractivity contribution in [3.05, 3.63) is 52.0 Å². The molecule has 0 aliphatic carbocycles. The molecule has 82 valence electrons. The number of halogens is 2. The molecule has 1 aromatic carbocycles. The molecule has 0 unspecified atom stereocenters. The second-order valence-corrected chi connectivity index (χ2v) is 4.20. The maximum absolute atomic E-state index is 12.9. The molecule has 0 bridgehead atoms. The molecule has 1 heterocycles. The molecule has 0 radical (unpaired) electrons. The van der Waals surface area contributed by atoms with Crippen LogP contribution in [0.15, 0.2) is 29.9 Å². The number of hydrogen-bond donors (Lipinski definition) is 0. The predicted molar refractivity (Wildman–Crippen MR) is 56.5 cm³/mol. The van der Waals surface area contributed by atoms with Gasteiger partial charge in [0.15, 0.2) is 5.78 Å². The SMILES string of the molecule is O=C(Cc1cncs1)c1cc(F)cc(F)c1. The van der Waals surface area contributed by atoms with Gasteiger partial charge in [-0.1, -0.05) is 0 Å². The summed E-state index contributed by atoms with van der Waals surface area (Å²) in [5.74, 6) is -1.80. The van der Waals surface area contributed by atoms with E-state index < -0.39 is 11.6 Å². The third-order valence-corrected chi connectivity index (χ3v) is 2.78. The number of rotatable bonds is 3. The van der Waals surface area contributed by atoms with Crippen LogP contribution in [0.25, 0.3) is 0 Å². The Labute approximate surface area is 94.6 Å². The van der Waals surface area contributed by atoms with Gasteiger partial charge < -0.3 is 0 Å². The molecule has 0 spiro atoms. The van der Waals surface area contributed by atoms with Gasteiger partial charge in [-0.15, -0.1) is 11.3 Å². The molecule has 0 amide bonds. The highest BCUT2D eigenvalue weighted by Crippen LogP contribution is 2.13. The first-order valence-corrected chi connectivity index (χ1v) is 5.40. The standard InChI is InChI=1S/C11H7F2NOS/c12-8-1-7(2-9(13)3-8)11(15)4-10-5-14-6-16-10/h1-3,5-6H,4H2. The van der Waals surface area contributed by atoms with Crippen molar-refractivity contribution in [2.24, 2.45) is 0 Å². The van der Waals surface area contributed by atoms with Crippen LogP contribution in [0.2, 0.25) is 0 Å². The van der Waals surface area contributed by atoms with Crippen molar-refractivity contribution in [3.63, 3.8) is 0 Å². The number of carbonyl (C=O) groups excluding carboxylic acids is 1. The zero-order valence-electron chi connectivity index (χ0n) is 8.11. The number of benzene rings is 1. The van der Waals surface area contributed by atoms with Gasteiger partial charge >= 0.3 is 0 Å². The summed E-state index contributed by atoms with van der Waals surface area (Å²) in [6.07, 6.45) is 1.69. The van der Waals surface area contributed by atoms with E-state index in [1.807, 2.05) is 0 Å². The van der Waals surface area contributed by atoms with Crippen molar-refractivity contribution in [2.45, 2.75) is 6.42 Å². The van der Waals surface area contributed by atoms with Crippen LogP contribution < -0.4 is 0 Å². The number of ketones is 1. The Balaban J connectivity index is 2.21. The smallest absolute Gasteiger partial charge is 0.168 e. The fourth-order valence-corrected chi connectivity index (χ4v) is 1.90. The van der Waals surface area contributed by atoms with Gasteiger partial charge in [0.1, 0.15) is 11.6 Å². The van der Waals surface area contributed by atoms with Gasteiger partial charge in [0, 0.05) is 29.1 Å². The molecule has 0 fully saturated rings. The van der Waals surface area contributed by atoms with Gasteiger partial charge in [-0.25, -0.2) is 8.78 Å². The van der Waals surface area contributed by atoms with E-state index in [1.165, 1.54) is 11.3 Å². The van der Waals surface area contributed by atoms with E-state index in [2.05, 4.69) is 4.98 Å². The zero-order chi connectivity index (χ0) is 11.5. The highest BCUT2D eigenvalue weighted by atomic mass is 32.1. The van der Waals surface area contributed by atoms with Crippen LogP contribution in [0.5, 0.6) is 0 Å². The van der Waals surface area contributed by atoms with Crippen LogP contribution in [-0.4, -0.2) is 10.8 Å². The largest absolute Gasteiger partial charge is 0.294 e. The lowest BCUT2D eigenvalue weighted by Gasteiger charge is -1.99. The minimum absolute atomic E-state index is 0.0471. The minimum atomic E-state index is -0.743. The lowest BCUT2D eigenvalue weighted by molar-refractivity contribution is 0.0993. The van der Waals surface area contributed by atoms with E-state index in [0.29, 0.717) is 0 Å². The maximum atomic E-state index is 12.9. The van der Waals surface area contributed by atoms with Crippen LogP contribution in [0, 0.1) is 11.6 Å². The van der Waals surface area contributed by atoms with Gasteiger partial charge in [0.2, 0.25) is 0 Å². The Morgan fingerprint density at radius 3 is 2.50 bits per heavy atom. The molecular formula is C11H7F2NOS. The first-order valence-electron chi connectivity index (χ1n) is 4.52. The zero-order valence-corrected chi connectivity index (χ0v) is 8.93. The van der Waals surface area contributed by atoms with Crippen molar-refractivity contribution < 1.29 is 13.6 Å². The first kappa shape index (κ1) is 10.9. The summed E-state index contributed by atoms with van der Waals surface area (Å²) in [6, 6.07) is 2.81. The lowest BCUT2D eigenvalue weighted by Crippen LogP contribution is -2.03. The van der Waals surface area contributed by atoms with Crippen molar-refractivity contribution in [2.75, 3.05) is 0 Å². The Morgan fingerprint density at radius 2 is 1.94 bits per heavy atom. The second kappa shape index (κ2) is 4.49. The van der Waals surface area contributed by atoms with E-state index in [-0.39, 0.29) is 17.8 Å². The van der Waals surface area contributed by atoms with Gasteiger partial charge in [-0.2, -0.15) is 0 Å². The number of aromatic nitrogens is 1. The monoisotopic (exact) mass is 239 g/mol. The van der Waals surface area contributed by atoms with Crippen molar-refractivity contribution in [3.8, 4) is 0 Å². The maximum Gasteiger partial charge on any atom is 0.168 e. The van der Waals surface area contributed by atoms with Crippen LogP contribution in [0.4, 0.5) is 8.78 Å². The van der Waals surface area contributed by atoms with E-state index in [9.17, 15) is 13.6 Å². The molecule has 1 aromatic heterocycles. The number of hydrogen-bond acceptors (Lipinski definition) is 3. The van der Waals surface area contributed by atoms with Crippen LogP contribution in [-0.2, 0) is 6.42 Å². The van der Waals surface area contributed by atoms with E-state index in [4.69, 9.17) is 0 Å². The number of Topliss-reactive ketones (excluding diaryl/α,β-unsaturated/α-hetero) is 1. The fourth-order valence-electron chi connectivity index (χ4n) is 1.30. The van der Waals surface area contributed by atoms with E-state index in [1.54, 1.807) is 11.7 Å². The summed E-state index contributed by atoms with van der Waals surface area (Å²) in [4.78, 5) is 16.3. The second-order valence-electron chi connectivity index (χ2n) is 3.23. The molecule has 0 saturated heterocycles. The van der Waals surface area contributed by atoms with Gasteiger partial charge in [-0.05, 0) is 12.1 Å². The molecule has 16 heavy (non-hydrogen) atoms. The fraction of sp³-hybridized carbons (Fsp3) is 0.0909. The number of carbonyl (C=O) groups is 1. The van der Waals surface area contributed by atoms with Crippen LogP contribution in [0.1, 0.15) is 15.2 Å². The van der Waals surface area contributed by atoms with Crippen molar-refractivity contribution in [1.29, 1.82) is 0 Å². The molecule has 0 saturated carbocycles. The molecule has 0 N–H and O–H groups in total. The summed E-state index contributed by atoms with van der Waals surface area (Å²) in [5, 5.41) is 0. The van der Waals surface area contributed by atoms with Crippen molar-refractivity contribution >= 4 is 17.1 Å². The van der Waals surface area contributed by atoms with Gasteiger partial charge in [-0.3, -0.25) is 9.78 Å². The third kappa shape index (κ3) is 2.49. The van der Waals surface area contributed by atoms with Gasteiger partial charge in [0.05, 0.1) is 5.51 Å². The molecule has 0 aliphatic rings. The average molecular weight is 239 g/mol. The quantitative estimate of drug-likeness (QED) is 0.771. The molecule has 2 rings (SSSR count). The Kier molecular flexibility index (Phi) is 3.05. The van der Waals surface area contributed by atoms with Gasteiger partial charge in [0.25, 0.3) is 0 Å². The summed E-state index contributed by atoms with van der Waals surface area (Å²) < 4.78 is 25.7. The summed E-state index contributed by atoms with van der Waals surface area (Å²) >= 11 is 1.33. The van der Waals surface area contributed by atoms with E-state index in [0.717, 1.165) is 23.1 Å². The van der Waals surface area contributed by atoms with Crippen LogP contribution in [0.3, 0.4) is 0 Å². The Bertz CT molecular complexity index is 490. The third-order valence-electron chi connectivity index (χ3n) is 2.00. The number of thiazole rings is 1. The summed E-state index contributed by atoms with van der Waals surface area (Å²) in [7, 11) is 0. The lowest BCUT2D eigenvalue weighted by atomic mass is 10.1. The highest BCUT2D eigenvalue weighted by Gasteiger charge is 2.10. The summed E-state index contributed by atoms with van der Waals surface area (Å²) in [5.41, 5.74) is 1.65. The molecule has 0 atom stereocenters. The highest BCUT2D eigenvalue weighted by molar-refractivity contribution is 7.09. The molecule has 2 nitrogen and oxygen atoms in total. The topological polar surface area (TPSA) is 30.0 Å². The molecule has 0 aliphatic heterocycles. The number of nitrogens with zero attached hydrogens (tertiary/aromatic N) is 1. The van der Waals surface area contributed by atoms with E-state index >= 15 is 0 Å². The Hall–Kier alpha value is -1.62. The normalized spacial score (nSPS) is 10.4. The first-order chi connectivity index (χ1) is 7.65.